The van der Waals surface area contributed by atoms with Crippen molar-refractivity contribution in [2.24, 2.45) is 0 Å². The van der Waals surface area contributed by atoms with E-state index < -0.39 is 17.6 Å². The van der Waals surface area contributed by atoms with Crippen molar-refractivity contribution in [1.82, 2.24) is 24.5 Å². The molecule has 2 unspecified atom stereocenters. The fraction of sp³-hybridized carbons (Fsp3) is 0.393. The van der Waals surface area contributed by atoms with Gasteiger partial charge in [-0.3, -0.25) is 4.79 Å². The number of aromatic nitrogens is 5. The van der Waals surface area contributed by atoms with E-state index in [1.807, 2.05) is 6.20 Å². The molecule has 0 radical (unpaired) electrons. The van der Waals surface area contributed by atoms with Gasteiger partial charge in [0.25, 0.3) is 5.56 Å². The minimum Gasteiger partial charge on any atom is -0.373 e. The average Bonchev–Trinajstić information content (AvgIpc) is 3.74. The van der Waals surface area contributed by atoms with E-state index in [1.54, 1.807) is 30.5 Å². The van der Waals surface area contributed by atoms with Crippen LogP contribution in [-0.2, 0) is 10.9 Å². The summed E-state index contributed by atoms with van der Waals surface area (Å²) in [5.41, 5.74) is 1.45. The zero-order valence-electron chi connectivity index (χ0n) is 21.3. The Morgan fingerprint density at radius 2 is 1.74 bits per heavy atom. The Morgan fingerprint density at radius 1 is 0.974 bits per heavy atom. The van der Waals surface area contributed by atoms with E-state index in [0.717, 1.165) is 30.5 Å². The maximum Gasteiger partial charge on any atom is 0.416 e. The molecule has 1 saturated heterocycles. The standard InChI is InChI=1S/C28H25F4N5O2/c1-14-15(2)34-27-25(33-14)24(20-7-4-18(12-21(20)29)28(30,31)32)35-26(36-27)16-9-10-39-22(11-16)17-3-8-23(38)37(13-17)19-5-6-19/h3-4,7-8,12-13,16,19,22H,5-6,9-11H2,1-2H3. The van der Waals surface area contributed by atoms with Gasteiger partial charge in [-0.2, -0.15) is 13.2 Å². The Labute approximate surface area is 220 Å². The summed E-state index contributed by atoms with van der Waals surface area (Å²) in [4.78, 5) is 30.7. The maximum absolute atomic E-state index is 15.1. The van der Waals surface area contributed by atoms with Crippen molar-refractivity contribution >= 4 is 11.2 Å². The van der Waals surface area contributed by atoms with Crippen molar-refractivity contribution in [3.63, 3.8) is 0 Å². The summed E-state index contributed by atoms with van der Waals surface area (Å²) in [6.45, 7) is 3.94. The number of alkyl halides is 3. The van der Waals surface area contributed by atoms with Gasteiger partial charge in [0.05, 0.1) is 23.1 Å². The first-order valence-corrected chi connectivity index (χ1v) is 12.8. The van der Waals surface area contributed by atoms with Crippen molar-refractivity contribution in [3.05, 3.63) is 81.0 Å². The molecule has 2 aliphatic rings. The molecule has 1 saturated carbocycles. The van der Waals surface area contributed by atoms with E-state index >= 15 is 4.39 Å². The van der Waals surface area contributed by atoms with Crippen molar-refractivity contribution in [2.45, 2.75) is 63.8 Å². The number of pyridine rings is 1. The Balaban J connectivity index is 1.42. The van der Waals surface area contributed by atoms with Crippen LogP contribution in [0.4, 0.5) is 17.6 Å². The molecule has 11 heteroatoms. The minimum atomic E-state index is -4.68. The van der Waals surface area contributed by atoms with Gasteiger partial charge in [-0.15, -0.1) is 0 Å². The highest BCUT2D eigenvalue weighted by Gasteiger charge is 2.33. The molecule has 0 spiro atoms. The van der Waals surface area contributed by atoms with Crippen molar-refractivity contribution in [2.75, 3.05) is 6.61 Å². The minimum absolute atomic E-state index is 0.0427. The number of benzene rings is 1. The fourth-order valence-electron chi connectivity index (χ4n) is 5.00. The number of ether oxygens (including phenoxy) is 1. The van der Waals surface area contributed by atoms with Gasteiger partial charge in [0.1, 0.15) is 22.9 Å². The maximum atomic E-state index is 15.1. The van der Waals surface area contributed by atoms with E-state index in [-0.39, 0.29) is 46.0 Å². The van der Waals surface area contributed by atoms with Crippen LogP contribution in [0.2, 0.25) is 0 Å². The molecule has 0 amide bonds. The van der Waals surface area contributed by atoms with Gasteiger partial charge >= 0.3 is 6.18 Å². The molecule has 2 fully saturated rings. The van der Waals surface area contributed by atoms with E-state index in [9.17, 15) is 18.0 Å². The van der Waals surface area contributed by atoms with E-state index in [1.165, 1.54) is 0 Å². The molecule has 4 heterocycles. The van der Waals surface area contributed by atoms with Gasteiger partial charge < -0.3 is 9.30 Å². The third-order valence-corrected chi connectivity index (χ3v) is 7.43. The lowest BCUT2D eigenvalue weighted by molar-refractivity contribution is -0.137. The van der Waals surface area contributed by atoms with Gasteiger partial charge in [0, 0.05) is 36.4 Å². The van der Waals surface area contributed by atoms with Crippen LogP contribution >= 0.6 is 0 Å². The van der Waals surface area contributed by atoms with Crippen molar-refractivity contribution < 1.29 is 22.3 Å². The van der Waals surface area contributed by atoms with Gasteiger partial charge in [0.2, 0.25) is 0 Å². The molecular formula is C28H25F4N5O2. The van der Waals surface area contributed by atoms with Crippen LogP contribution in [-0.4, -0.2) is 31.1 Å². The number of fused-ring (bicyclic) bond motifs is 1. The number of hydrogen-bond donors (Lipinski definition) is 0. The Morgan fingerprint density at radius 3 is 2.46 bits per heavy atom. The number of aryl methyl sites for hydroxylation is 2. The highest BCUT2D eigenvalue weighted by atomic mass is 19.4. The molecule has 202 valence electrons. The van der Waals surface area contributed by atoms with E-state index in [0.29, 0.717) is 42.7 Å². The quantitative estimate of drug-likeness (QED) is 0.296. The molecule has 1 aliphatic carbocycles. The van der Waals surface area contributed by atoms with Gasteiger partial charge in [-0.1, -0.05) is 0 Å². The summed E-state index contributed by atoms with van der Waals surface area (Å²) in [5, 5.41) is 0. The SMILES string of the molecule is Cc1nc2nc(C3CCOC(c4ccc(=O)n(C5CC5)c4)C3)nc(-c3ccc(C(F)(F)F)cc3F)c2nc1C. The van der Waals surface area contributed by atoms with Crippen molar-refractivity contribution in [3.8, 4) is 11.3 Å². The monoisotopic (exact) mass is 539 g/mol. The largest absolute Gasteiger partial charge is 0.416 e. The summed E-state index contributed by atoms with van der Waals surface area (Å²) in [6, 6.07) is 5.94. The highest BCUT2D eigenvalue weighted by molar-refractivity contribution is 5.87. The molecule has 0 N–H and O–H groups in total. The highest BCUT2D eigenvalue weighted by Crippen LogP contribution is 2.40. The van der Waals surface area contributed by atoms with Crippen LogP contribution in [0, 0.1) is 19.7 Å². The van der Waals surface area contributed by atoms with Crippen LogP contribution in [0.25, 0.3) is 22.4 Å². The Bertz CT molecular complexity index is 1650. The molecular weight excluding hydrogens is 514 g/mol. The number of nitrogens with zero attached hydrogens (tertiary/aromatic N) is 5. The molecule has 6 rings (SSSR count). The second-order valence-electron chi connectivity index (χ2n) is 10.2. The van der Waals surface area contributed by atoms with Crippen LogP contribution in [0.5, 0.6) is 0 Å². The zero-order valence-corrected chi connectivity index (χ0v) is 21.3. The van der Waals surface area contributed by atoms with Gasteiger partial charge in [-0.25, -0.2) is 24.3 Å². The van der Waals surface area contributed by atoms with Crippen LogP contribution < -0.4 is 5.56 Å². The fourth-order valence-corrected chi connectivity index (χ4v) is 5.00. The van der Waals surface area contributed by atoms with Gasteiger partial charge in [-0.05, 0) is 69.4 Å². The van der Waals surface area contributed by atoms with Crippen LogP contribution in [0.1, 0.15) is 72.1 Å². The summed E-state index contributed by atoms with van der Waals surface area (Å²) < 4.78 is 62.5. The lowest BCUT2D eigenvalue weighted by atomic mass is 9.91. The third-order valence-electron chi connectivity index (χ3n) is 7.43. The van der Waals surface area contributed by atoms with Crippen LogP contribution in [0.15, 0.2) is 41.3 Å². The number of rotatable bonds is 4. The molecule has 1 aliphatic heterocycles. The Kier molecular flexibility index (Phi) is 6.21. The predicted octanol–water partition coefficient (Wildman–Crippen LogP) is 5.99. The molecule has 3 aromatic heterocycles. The smallest absolute Gasteiger partial charge is 0.373 e. The first-order valence-electron chi connectivity index (χ1n) is 12.8. The molecule has 0 bridgehead atoms. The summed E-state index contributed by atoms with van der Waals surface area (Å²) in [6.07, 6.45) is -0.0541. The average molecular weight is 540 g/mol. The Hall–Kier alpha value is -3.73. The number of hydrogen-bond acceptors (Lipinski definition) is 6. The molecule has 1 aromatic carbocycles. The summed E-state index contributed by atoms with van der Waals surface area (Å²) in [7, 11) is 0. The summed E-state index contributed by atoms with van der Waals surface area (Å²) in [5.74, 6) is -0.838. The lowest BCUT2D eigenvalue weighted by Crippen LogP contribution is -2.23. The lowest BCUT2D eigenvalue weighted by Gasteiger charge is -2.29. The second kappa shape index (κ2) is 9.48. The van der Waals surface area contributed by atoms with Crippen LogP contribution in [0.3, 0.4) is 0 Å². The number of halogens is 4. The first kappa shape index (κ1) is 25.5. The zero-order chi connectivity index (χ0) is 27.5. The molecule has 7 nitrogen and oxygen atoms in total. The third kappa shape index (κ3) is 4.91. The first-order chi connectivity index (χ1) is 18.6. The second-order valence-corrected chi connectivity index (χ2v) is 10.2. The topological polar surface area (TPSA) is 82.8 Å². The van der Waals surface area contributed by atoms with Gasteiger partial charge in [0.15, 0.2) is 5.65 Å². The molecule has 2 atom stereocenters. The summed E-state index contributed by atoms with van der Waals surface area (Å²) >= 11 is 0. The normalized spacial score (nSPS) is 19.9. The van der Waals surface area contributed by atoms with Crippen molar-refractivity contribution in [1.29, 1.82) is 0 Å². The van der Waals surface area contributed by atoms with E-state index in [4.69, 9.17) is 4.74 Å². The molecule has 4 aromatic rings. The van der Waals surface area contributed by atoms with E-state index in [2.05, 4.69) is 19.9 Å². The molecule has 39 heavy (non-hydrogen) atoms. The predicted molar refractivity (Wildman–Crippen MR) is 135 cm³/mol.